The van der Waals surface area contributed by atoms with E-state index in [0.717, 1.165) is 12.5 Å². The summed E-state index contributed by atoms with van der Waals surface area (Å²) in [5.41, 5.74) is 4.90. The molecule has 0 fully saturated rings. The fourth-order valence-corrected chi connectivity index (χ4v) is 3.95. The maximum Gasteiger partial charge on any atom is 0.243 e. The van der Waals surface area contributed by atoms with Crippen LogP contribution in [0.25, 0.3) is 0 Å². The lowest BCUT2D eigenvalue weighted by Gasteiger charge is -2.25. The molecule has 3 N–H and O–H groups in total. The summed E-state index contributed by atoms with van der Waals surface area (Å²) in [6.45, 7) is 5.56. The van der Waals surface area contributed by atoms with Crippen molar-refractivity contribution in [2.75, 3.05) is 5.73 Å². The predicted molar refractivity (Wildman–Crippen MR) is 77.8 cm³/mol. The minimum atomic E-state index is -3.78. The molecular formula is C12H18BrFN2O2S. The third kappa shape index (κ3) is 4.15. The summed E-state index contributed by atoms with van der Waals surface area (Å²) < 4.78 is 40.5. The van der Waals surface area contributed by atoms with Gasteiger partial charge in [0.25, 0.3) is 0 Å². The number of rotatable bonds is 5. The maximum atomic E-state index is 13.3. The molecule has 0 bridgehead atoms. The van der Waals surface area contributed by atoms with Gasteiger partial charge < -0.3 is 5.73 Å². The molecule has 1 aromatic rings. The zero-order valence-electron chi connectivity index (χ0n) is 11.1. The van der Waals surface area contributed by atoms with Crippen LogP contribution in [0.3, 0.4) is 0 Å². The van der Waals surface area contributed by atoms with Crippen LogP contribution in [0.15, 0.2) is 21.5 Å². The first-order valence-electron chi connectivity index (χ1n) is 5.87. The molecule has 19 heavy (non-hydrogen) atoms. The van der Waals surface area contributed by atoms with E-state index >= 15 is 0 Å². The molecule has 0 saturated heterocycles. The summed E-state index contributed by atoms with van der Waals surface area (Å²) in [6.07, 6.45) is 1.53. The number of hydrogen-bond acceptors (Lipinski definition) is 3. The Balaban J connectivity index is 3.18. The van der Waals surface area contributed by atoms with Gasteiger partial charge in [-0.2, -0.15) is 0 Å². The zero-order valence-corrected chi connectivity index (χ0v) is 13.5. The Kier molecular flexibility index (Phi) is 4.97. The van der Waals surface area contributed by atoms with Crippen molar-refractivity contribution in [3.63, 3.8) is 0 Å². The van der Waals surface area contributed by atoms with Gasteiger partial charge in [0.1, 0.15) is 10.7 Å². The van der Waals surface area contributed by atoms with E-state index in [4.69, 9.17) is 5.73 Å². The van der Waals surface area contributed by atoms with Crippen molar-refractivity contribution in [2.45, 2.75) is 44.0 Å². The Labute approximate surface area is 121 Å². The lowest BCUT2D eigenvalue weighted by atomic mass is 10.0. The predicted octanol–water partition coefficient (Wildman–Crippen LogP) is 3.03. The first-order chi connectivity index (χ1) is 8.59. The smallest absolute Gasteiger partial charge is 0.243 e. The van der Waals surface area contributed by atoms with Crippen molar-refractivity contribution < 1.29 is 12.8 Å². The third-order valence-electron chi connectivity index (χ3n) is 2.63. The highest BCUT2D eigenvalue weighted by molar-refractivity contribution is 9.10. The molecule has 0 aromatic heterocycles. The van der Waals surface area contributed by atoms with Crippen LogP contribution in [-0.2, 0) is 10.0 Å². The molecule has 0 spiro atoms. The first-order valence-corrected chi connectivity index (χ1v) is 8.15. The number of nitrogen functional groups attached to an aromatic ring is 1. The van der Waals surface area contributed by atoms with Crippen molar-refractivity contribution >= 4 is 31.6 Å². The van der Waals surface area contributed by atoms with Gasteiger partial charge in [0.2, 0.25) is 10.0 Å². The van der Waals surface area contributed by atoms with Crippen molar-refractivity contribution in [1.82, 2.24) is 4.72 Å². The summed E-state index contributed by atoms with van der Waals surface area (Å²) in [7, 11) is -3.78. The van der Waals surface area contributed by atoms with Crippen LogP contribution in [-0.4, -0.2) is 14.0 Å². The average Bonchev–Trinajstić information content (AvgIpc) is 2.21. The summed E-state index contributed by atoms with van der Waals surface area (Å²) in [5, 5.41) is 0. The molecule has 0 atom stereocenters. The van der Waals surface area contributed by atoms with Gasteiger partial charge in [-0.25, -0.2) is 17.5 Å². The monoisotopic (exact) mass is 352 g/mol. The molecule has 0 heterocycles. The van der Waals surface area contributed by atoms with Gasteiger partial charge >= 0.3 is 0 Å². The average molecular weight is 353 g/mol. The number of halogens is 2. The van der Waals surface area contributed by atoms with Crippen LogP contribution in [0.1, 0.15) is 33.6 Å². The van der Waals surface area contributed by atoms with Gasteiger partial charge in [0, 0.05) is 5.54 Å². The standard InChI is InChI=1S/C12H18BrFN2O2S/c1-4-5-12(2,3)16-19(17,18)11-6-8(13)9(14)7-10(11)15/h6-7,16H,4-5,15H2,1-3H3. The highest BCUT2D eigenvalue weighted by Gasteiger charge is 2.27. The van der Waals surface area contributed by atoms with Crippen LogP contribution in [0.4, 0.5) is 10.1 Å². The van der Waals surface area contributed by atoms with Gasteiger partial charge in [-0.3, -0.25) is 0 Å². The SMILES string of the molecule is CCCC(C)(C)NS(=O)(=O)c1cc(Br)c(F)cc1N. The van der Waals surface area contributed by atoms with Crippen LogP contribution < -0.4 is 10.5 Å². The molecule has 0 amide bonds. The molecule has 0 radical (unpaired) electrons. The maximum absolute atomic E-state index is 13.3. The topological polar surface area (TPSA) is 72.2 Å². The molecule has 0 unspecified atom stereocenters. The Morgan fingerprint density at radius 1 is 1.42 bits per heavy atom. The molecule has 7 heteroatoms. The van der Waals surface area contributed by atoms with E-state index in [2.05, 4.69) is 20.7 Å². The summed E-state index contributed by atoms with van der Waals surface area (Å²) >= 11 is 2.96. The fraction of sp³-hybridized carbons (Fsp3) is 0.500. The lowest BCUT2D eigenvalue weighted by molar-refractivity contribution is 0.418. The Bertz CT molecular complexity index is 573. The zero-order chi connectivity index (χ0) is 14.8. The molecule has 108 valence electrons. The fourth-order valence-electron chi connectivity index (χ4n) is 1.87. The second-order valence-electron chi connectivity index (χ2n) is 5.04. The Morgan fingerprint density at radius 3 is 2.53 bits per heavy atom. The van der Waals surface area contributed by atoms with Crippen molar-refractivity contribution in [1.29, 1.82) is 0 Å². The summed E-state index contributed by atoms with van der Waals surface area (Å²) in [4.78, 5) is -0.120. The lowest BCUT2D eigenvalue weighted by Crippen LogP contribution is -2.43. The van der Waals surface area contributed by atoms with E-state index in [0.29, 0.717) is 6.42 Å². The van der Waals surface area contributed by atoms with Crippen LogP contribution in [0, 0.1) is 5.82 Å². The highest BCUT2D eigenvalue weighted by atomic mass is 79.9. The van der Waals surface area contributed by atoms with Gasteiger partial charge in [-0.05, 0) is 48.3 Å². The Morgan fingerprint density at radius 2 is 2.00 bits per heavy atom. The van der Waals surface area contributed by atoms with Crippen LogP contribution in [0.2, 0.25) is 0 Å². The van der Waals surface area contributed by atoms with Crippen LogP contribution in [0.5, 0.6) is 0 Å². The van der Waals surface area contributed by atoms with Crippen molar-refractivity contribution in [3.05, 3.63) is 22.4 Å². The largest absolute Gasteiger partial charge is 0.398 e. The van der Waals surface area contributed by atoms with E-state index in [1.807, 2.05) is 6.92 Å². The molecule has 4 nitrogen and oxygen atoms in total. The minimum Gasteiger partial charge on any atom is -0.398 e. The molecule has 0 aliphatic heterocycles. The van der Waals surface area contributed by atoms with Gasteiger partial charge in [0.05, 0.1) is 10.2 Å². The summed E-state index contributed by atoms with van der Waals surface area (Å²) in [6, 6.07) is 2.17. The number of anilines is 1. The minimum absolute atomic E-state index is 0.0652. The first kappa shape index (κ1) is 16.4. The van der Waals surface area contributed by atoms with E-state index < -0.39 is 21.4 Å². The van der Waals surface area contributed by atoms with E-state index in [-0.39, 0.29) is 15.1 Å². The van der Waals surface area contributed by atoms with E-state index in [1.54, 1.807) is 13.8 Å². The van der Waals surface area contributed by atoms with Gasteiger partial charge in [0.15, 0.2) is 0 Å². The number of sulfonamides is 1. The molecule has 0 aliphatic rings. The Hall–Kier alpha value is -0.660. The summed E-state index contributed by atoms with van der Waals surface area (Å²) in [5.74, 6) is -0.593. The molecular weight excluding hydrogens is 335 g/mol. The number of nitrogens with two attached hydrogens (primary N) is 1. The highest BCUT2D eigenvalue weighted by Crippen LogP contribution is 2.27. The molecule has 1 aromatic carbocycles. The number of nitrogens with one attached hydrogen (secondary N) is 1. The van der Waals surface area contributed by atoms with Crippen molar-refractivity contribution in [3.8, 4) is 0 Å². The van der Waals surface area contributed by atoms with Crippen LogP contribution >= 0.6 is 15.9 Å². The van der Waals surface area contributed by atoms with Gasteiger partial charge in [-0.15, -0.1) is 0 Å². The normalized spacial score (nSPS) is 12.7. The number of hydrogen-bond donors (Lipinski definition) is 2. The van der Waals surface area contributed by atoms with Gasteiger partial charge in [-0.1, -0.05) is 13.3 Å². The second kappa shape index (κ2) is 5.76. The molecule has 0 saturated carbocycles. The third-order valence-corrected chi connectivity index (χ3v) is 4.99. The second-order valence-corrected chi connectivity index (χ2v) is 7.55. The van der Waals surface area contributed by atoms with E-state index in [9.17, 15) is 12.8 Å². The van der Waals surface area contributed by atoms with Crippen molar-refractivity contribution in [2.24, 2.45) is 0 Å². The quantitative estimate of drug-likeness (QED) is 0.800. The number of benzene rings is 1. The molecule has 0 aliphatic carbocycles. The van der Waals surface area contributed by atoms with E-state index in [1.165, 1.54) is 6.07 Å². The molecule has 1 rings (SSSR count).